The summed E-state index contributed by atoms with van der Waals surface area (Å²) < 4.78 is 6.97. The van der Waals surface area contributed by atoms with Crippen LogP contribution in [0.4, 0.5) is 0 Å². The van der Waals surface area contributed by atoms with Crippen molar-refractivity contribution in [3.05, 3.63) is 64.8 Å². The molecule has 4 aromatic rings. The third kappa shape index (κ3) is 2.45. The van der Waals surface area contributed by atoms with E-state index < -0.39 is 0 Å². The number of nitrogens with zero attached hydrogens (tertiary/aromatic N) is 2. The quantitative estimate of drug-likeness (QED) is 0.510. The molecule has 0 saturated carbocycles. The standard InChI is InChI=1S/C21H20N2O2/c1-21(2,3)16-12-14(11-13-7-5-6-8-15(13)16)18-19-17(9-10-22-18)23(4)20(24)25-19/h5-12H,1-4H3. The van der Waals surface area contributed by atoms with Crippen LogP contribution in [0.1, 0.15) is 26.3 Å². The van der Waals surface area contributed by atoms with Crippen LogP contribution in [-0.2, 0) is 12.5 Å². The number of pyridine rings is 1. The Balaban J connectivity index is 2.09. The van der Waals surface area contributed by atoms with Gasteiger partial charge in [0.15, 0.2) is 5.58 Å². The molecule has 2 aromatic carbocycles. The molecule has 0 bridgehead atoms. The number of benzene rings is 2. The van der Waals surface area contributed by atoms with Crippen LogP contribution >= 0.6 is 0 Å². The Labute approximate surface area is 145 Å². The summed E-state index contributed by atoms with van der Waals surface area (Å²) in [6.45, 7) is 6.61. The molecule has 0 atom stereocenters. The zero-order chi connectivity index (χ0) is 17.8. The number of hydrogen-bond donors (Lipinski definition) is 0. The highest BCUT2D eigenvalue weighted by Gasteiger charge is 2.20. The van der Waals surface area contributed by atoms with Crippen LogP contribution in [0.3, 0.4) is 0 Å². The van der Waals surface area contributed by atoms with E-state index >= 15 is 0 Å². The minimum atomic E-state index is -0.374. The predicted molar refractivity (Wildman–Crippen MR) is 101 cm³/mol. The lowest BCUT2D eigenvalue weighted by molar-refractivity contribution is 0.528. The lowest BCUT2D eigenvalue weighted by atomic mass is 9.82. The Bertz CT molecular complexity index is 1160. The minimum Gasteiger partial charge on any atom is -0.405 e. The van der Waals surface area contributed by atoms with Gasteiger partial charge in [-0.2, -0.15) is 0 Å². The third-order valence-electron chi connectivity index (χ3n) is 4.65. The molecule has 4 nitrogen and oxygen atoms in total. The molecule has 0 N–H and O–H groups in total. The van der Waals surface area contributed by atoms with Crippen molar-refractivity contribution in [3.8, 4) is 11.3 Å². The molecule has 0 amide bonds. The lowest BCUT2D eigenvalue weighted by Crippen LogP contribution is -2.12. The smallest absolute Gasteiger partial charge is 0.405 e. The highest BCUT2D eigenvalue weighted by atomic mass is 16.4. The van der Waals surface area contributed by atoms with Crippen LogP contribution in [0.2, 0.25) is 0 Å². The second kappa shape index (κ2) is 5.31. The van der Waals surface area contributed by atoms with E-state index in [0.717, 1.165) is 16.5 Å². The Morgan fingerprint density at radius 2 is 1.84 bits per heavy atom. The van der Waals surface area contributed by atoms with Gasteiger partial charge in [0.2, 0.25) is 0 Å². The van der Waals surface area contributed by atoms with Gasteiger partial charge >= 0.3 is 5.76 Å². The molecule has 0 saturated heterocycles. The summed E-state index contributed by atoms with van der Waals surface area (Å²) >= 11 is 0. The van der Waals surface area contributed by atoms with Crippen LogP contribution in [0.5, 0.6) is 0 Å². The maximum absolute atomic E-state index is 11.9. The van der Waals surface area contributed by atoms with Crippen molar-refractivity contribution >= 4 is 21.9 Å². The summed E-state index contributed by atoms with van der Waals surface area (Å²) in [7, 11) is 1.71. The molecular formula is C21H20N2O2. The maximum Gasteiger partial charge on any atom is 0.419 e. The third-order valence-corrected chi connectivity index (χ3v) is 4.65. The van der Waals surface area contributed by atoms with Gasteiger partial charge in [-0.15, -0.1) is 0 Å². The number of rotatable bonds is 1. The number of aromatic nitrogens is 2. The van der Waals surface area contributed by atoms with Gasteiger partial charge in [0.1, 0.15) is 5.69 Å². The highest BCUT2D eigenvalue weighted by molar-refractivity contribution is 5.95. The average molecular weight is 332 g/mol. The van der Waals surface area contributed by atoms with Crippen molar-refractivity contribution < 1.29 is 4.42 Å². The van der Waals surface area contributed by atoms with Gasteiger partial charge in [-0.3, -0.25) is 9.55 Å². The second-order valence-corrected chi connectivity index (χ2v) is 7.43. The first-order valence-electron chi connectivity index (χ1n) is 8.34. The van der Waals surface area contributed by atoms with E-state index in [9.17, 15) is 4.79 Å². The number of fused-ring (bicyclic) bond motifs is 2. The van der Waals surface area contributed by atoms with E-state index in [1.807, 2.05) is 6.07 Å². The van der Waals surface area contributed by atoms with Crippen molar-refractivity contribution in [2.75, 3.05) is 0 Å². The molecule has 4 heteroatoms. The SMILES string of the molecule is Cn1c(=O)oc2c(-c3cc(C(C)(C)C)c4ccccc4c3)nccc21. The van der Waals surface area contributed by atoms with Gasteiger partial charge in [-0.25, -0.2) is 4.79 Å². The fraction of sp³-hybridized carbons (Fsp3) is 0.238. The second-order valence-electron chi connectivity index (χ2n) is 7.43. The first-order chi connectivity index (χ1) is 11.9. The molecule has 126 valence electrons. The van der Waals surface area contributed by atoms with E-state index in [1.54, 1.807) is 19.3 Å². The monoisotopic (exact) mass is 332 g/mol. The molecule has 2 heterocycles. The van der Waals surface area contributed by atoms with Gasteiger partial charge in [0, 0.05) is 18.8 Å². The first kappa shape index (κ1) is 15.6. The van der Waals surface area contributed by atoms with Gasteiger partial charge in [-0.1, -0.05) is 45.0 Å². The van der Waals surface area contributed by atoms with Gasteiger partial charge in [0.25, 0.3) is 0 Å². The Kier molecular flexibility index (Phi) is 3.32. The zero-order valence-electron chi connectivity index (χ0n) is 14.8. The van der Waals surface area contributed by atoms with Crippen molar-refractivity contribution in [1.82, 2.24) is 9.55 Å². The molecule has 0 unspecified atom stereocenters. The Morgan fingerprint density at radius 3 is 2.60 bits per heavy atom. The van der Waals surface area contributed by atoms with E-state index in [1.165, 1.54) is 15.5 Å². The lowest BCUT2D eigenvalue weighted by Gasteiger charge is -2.22. The fourth-order valence-corrected chi connectivity index (χ4v) is 3.33. The van der Waals surface area contributed by atoms with Crippen LogP contribution in [0.25, 0.3) is 33.1 Å². The van der Waals surface area contributed by atoms with Crippen LogP contribution in [0, 0.1) is 0 Å². The number of oxazole rings is 1. The Hall–Kier alpha value is -2.88. The molecule has 2 aromatic heterocycles. The van der Waals surface area contributed by atoms with Crippen molar-refractivity contribution in [1.29, 1.82) is 0 Å². The van der Waals surface area contributed by atoms with Gasteiger partial charge < -0.3 is 4.42 Å². The Morgan fingerprint density at radius 1 is 1.08 bits per heavy atom. The predicted octanol–water partition coefficient (Wildman–Crippen LogP) is 4.64. The molecule has 4 rings (SSSR count). The van der Waals surface area contributed by atoms with Crippen LogP contribution in [-0.4, -0.2) is 9.55 Å². The van der Waals surface area contributed by atoms with E-state index in [2.05, 4.69) is 56.1 Å². The summed E-state index contributed by atoms with van der Waals surface area (Å²) in [5, 5.41) is 2.39. The molecule has 0 radical (unpaired) electrons. The minimum absolute atomic E-state index is 0.0129. The largest absolute Gasteiger partial charge is 0.419 e. The molecular weight excluding hydrogens is 312 g/mol. The van der Waals surface area contributed by atoms with E-state index in [0.29, 0.717) is 11.3 Å². The maximum atomic E-state index is 11.9. The van der Waals surface area contributed by atoms with E-state index in [4.69, 9.17) is 4.42 Å². The summed E-state index contributed by atoms with van der Waals surface area (Å²) in [6.07, 6.45) is 1.72. The number of aryl methyl sites for hydroxylation is 1. The van der Waals surface area contributed by atoms with Crippen LogP contribution < -0.4 is 5.76 Å². The topological polar surface area (TPSA) is 48.0 Å². The van der Waals surface area contributed by atoms with E-state index in [-0.39, 0.29) is 11.2 Å². The normalized spacial score (nSPS) is 12.2. The number of hydrogen-bond acceptors (Lipinski definition) is 3. The summed E-state index contributed by atoms with van der Waals surface area (Å²) in [4.78, 5) is 16.4. The zero-order valence-corrected chi connectivity index (χ0v) is 14.8. The van der Waals surface area contributed by atoms with Crippen molar-refractivity contribution in [2.45, 2.75) is 26.2 Å². The molecule has 25 heavy (non-hydrogen) atoms. The fourth-order valence-electron chi connectivity index (χ4n) is 3.33. The molecule has 0 fully saturated rings. The molecule has 0 aliphatic carbocycles. The van der Waals surface area contributed by atoms with Crippen molar-refractivity contribution in [3.63, 3.8) is 0 Å². The molecule has 0 spiro atoms. The molecule has 0 aliphatic rings. The first-order valence-corrected chi connectivity index (χ1v) is 8.34. The molecule has 0 aliphatic heterocycles. The van der Waals surface area contributed by atoms with Crippen LogP contribution in [0.15, 0.2) is 57.9 Å². The van der Waals surface area contributed by atoms with Crippen molar-refractivity contribution in [2.24, 2.45) is 7.05 Å². The highest BCUT2D eigenvalue weighted by Crippen LogP contribution is 2.35. The summed E-state index contributed by atoms with van der Waals surface area (Å²) in [5.74, 6) is -0.374. The average Bonchev–Trinajstić information content (AvgIpc) is 2.88. The van der Waals surface area contributed by atoms with Gasteiger partial charge in [0.05, 0.1) is 5.52 Å². The summed E-state index contributed by atoms with van der Waals surface area (Å²) in [5.41, 5.74) is 4.18. The van der Waals surface area contributed by atoms with Gasteiger partial charge in [-0.05, 0) is 39.9 Å². The summed E-state index contributed by atoms with van der Waals surface area (Å²) in [6, 6.07) is 14.4.